The third kappa shape index (κ3) is 5.16. The lowest BCUT2D eigenvalue weighted by atomic mass is 10.1. The number of nitrogens with zero attached hydrogens (tertiary/aromatic N) is 1. The molecule has 0 aliphatic heterocycles. The van der Waals surface area contributed by atoms with E-state index in [1.807, 2.05) is 27.7 Å². The van der Waals surface area contributed by atoms with E-state index in [9.17, 15) is 9.59 Å². The van der Waals surface area contributed by atoms with Gasteiger partial charge in [0.1, 0.15) is 6.54 Å². The Morgan fingerprint density at radius 1 is 1.22 bits per heavy atom. The third-order valence-corrected chi connectivity index (χ3v) is 3.46. The van der Waals surface area contributed by atoms with E-state index in [2.05, 4.69) is 0 Å². The van der Waals surface area contributed by atoms with Gasteiger partial charge in [0, 0.05) is 11.6 Å². The SMILES string of the molecule is CCC(C)N(CC(=O)O)C(=O)c1ccc(OC(C)C)c(OC)c1. The molecule has 1 atom stereocenters. The predicted octanol–water partition coefficient (Wildman–Crippen LogP) is 2.81. The van der Waals surface area contributed by atoms with Crippen molar-refractivity contribution >= 4 is 11.9 Å². The molecule has 1 unspecified atom stereocenters. The first kappa shape index (κ1) is 18.8. The molecule has 1 amide bonds. The monoisotopic (exact) mass is 323 g/mol. The molecule has 1 N–H and O–H groups in total. The van der Waals surface area contributed by atoms with Gasteiger partial charge in [-0.15, -0.1) is 0 Å². The molecular formula is C17H25NO5. The van der Waals surface area contributed by atoms with Crippen LogP contribution < -0.4 is 9.47 Å². The molecule has 0 saturated carbocycles. The highest BCUT2D eigenvalue weighted by atomic mass is 16.5. The van der Waals surface area contributed by atoms with E-state index in [0.717, 1.165) is 0 Å². The quantitative estimate of drug-likeness (QED) is 0.796. The zero-order valence-corrected chi connectivity index (χ0v) is 14.3. The largest absolute Gasteiger partial charge is 0.493 e. The summed E-state index contributed by atoms with van der Waals surface area (Å²) in [6.45, 7) is 7.20. The van der Waals surface area contributed by atoms with Crippen LogP contribution in [0, 0.1) is 0 Å². The molecule has 0 heterocycles. The summed E-state index contributed by atoms with van der Waals surface area (Å²) in [5.74, 6) is -0.377. The number of carbonyl (C=O) groups is 2. The molecule has 23 heavy (non-hydrogen) atoms. The Bertz CT molecular complexity index is 556. The van der Waals surface area contributed by atoms with Gasteiger partial charge >= 0.3 is 5.97 Å². The second-order valence-corrected chi connectivity index (χ2v) is 5.62. The summed E-state index contributed by atoms with van der Waals surface area (Å²) in [6, 6.07) is 4.70. The lowest BCUT2D eigenvalue weighted by Crippen LogP contribution is -2.41. The highest BCUT2D eigenvalue weighted by molar-refractivity contribution is 5.96. The second-order valence-electron chi connectivity index (χ2n) is 5.62. The van der Waals surface area contributed by atoms with Crippen LogP contribution >= 0.6 is 0 Å². The van der Waals surface area contributed by atoms with Crippen molar-refractivity contribution in [2.75, 3.05) is 13.7 Å². The Morgan fingerprint density at radius 3 is 2.35 bits per heavy atom. The molecule has 0 bridgehead atoms. The van der Waals surface area contributed by atoms with Gasteiger partial charge in [-0.1, -0.05) is 6.92 Å². The minimum atomic E-state index is -1.04. The van der Waals surface area contributed by atoms with Crippen LogP contribution in [0.4, 0.5) is 0 Å². The topological polar surface area (TPSA) is 76.1 Å². The summed E-state index contributed by atoms with van der Waals surface area (Å²) >= 11 is 0. The molecule has 0 spiro atoms. The molecule has 0 fully saturated rings. The highest BCUT2D eigenvalue weighted by Gasteiger charge is 2.24. The fourth-order valence-corrected chi connectivity index (χ4v) is 2.11. The maximum Gasteiger partial charge on any atom is 0.323 e. The maximum absolute atomic E-state index is 12.6. The minimum absolute atomic E-state index is 0.0194. The van der Waals surface area contributed by atoms with Crippen LogP contribution in [0.15, 0.2) is 18.2 Å². The number of benzene rings is 1. The van der Waals surface area contributed by atoms with Crippen molar-refractivity contribution < 1.29 is 24.2 Å². The van der Waals surface area contributed by atoms with Gasteiger partial charge in [0.2, 0.25) is 0 Å². The Hall–Kier alpha value is -2.24. The smallest absolute Gasteiger partial charge is 0.323 e. The molecule has 6 heteroatoms. The van der Waals surface area contributed by atoms with E-state index >= 15 is 0 Å². The number of aliphatic carboxylic acids is 1. The molecule has 1 rings (SSSR count). The fraction of sp³-hybridized carbons (Fsp3) is 0.529. The number of amides is 1. The first-order valence-electron chi connectivity index (χ1n) is 7.67. The van der Waals surface area contributed by atoms with Gasteiger partial charge in [0.05, 0.1) is 13.2 Å². The number of hydrogen-bond acceptors (Lipinski definition) is 4. The van der Waals surface area contributed by atoms with Crippen molar-refractivity contribution in [1.29, 1.82) is 0 Å². The van der Waals surface area contributed by atoms with Gasteiger partial charge in [0.25, 0.3) is 5.91 Å². The summed E-state index contributed by atoms with van der Waals surface area (Å²) in [7, 11) is 1.50. The number of carboxylic acid groups (broad SMARTS) is 1. The third-order valence-electron chi connectivity index (χ3n) is 3.46. The summed E-state index contributed by atoms with van der Waals surface area (Å²) in [4.78, 5) is 25.0. The minimum Gasteiger partial charge on any atom is -0.493 e. The first-order valence-corrected chi connectivity index (χ1v) is 7.67. The summed E-state index contributed by atoms with van der Waals surface area (Å²) in [5.41, 5.74) is 0.375. The standard InChI is InChI=1S/C17H25NO5/c1-6-12(4)18(10-16(19)20)17(21)13-7-8-14(23-11(2)3)15(9-13)22-5/h7-9,11-12H,6,10H2,1-5H3,(H,19,20). The van der Waals surface area contributed by atoms with Gasteiger partial charge in [0.15, 0.2) is 11.5 Å². The van der Waals surface area contributed by atoms with Crippen LogP contribution in [0.2, 0.25) is 0 Å². The van der Waals surface area contributed by atoms with Gasteiger partial charge < -0.3 is 19.5 Å². The van der Waals surface area contributed by atoms with Crippen LogP contribution in [0.5, 0.6) is 11.5 Å². The number of ether oxygens (including phenoxy) is 2. The van der Waals surface area contributed by atoms with E-state index in [1.165, 1.54) is 12.0 Å². The normalized spacial score (nSPS) is 11.9. The number of carbonyl (C=O) groups excluding carboxylic acids is 1. The Labute approximate surface area is 137 Å². The summed E-state index contributed by atoms with van der Waals surface area (Å²) in [6.07, 6.45) is 0.652. The average Bonchev–Trinajstić information content (AvgIpc) is 2.50. The van der Waals surface area contributed by atoms with Crippen LogP contribution in [0.3, 0.4) is 0 Å². The van der Waals surface area contributed by atoms with Crippen molar-refractivity contribution in [3.63, 3.8) is 0 Å². The van der Waals surface area contributed by atoms with Crippen LogP contribution in [0.1, 0.15) is 44.5 Å². The zero-order valence-electron chi connectivity index (χ0n) is 14.3. The first-order chi connectivity index (χ1) is 10.8. The van der Waals surface area contributed by atoms with Crippen molar-refractivity contribution in [2.24, 2.45) is 0 Å². The molecule has 1 aromatic rings. The van der Waals surface area contributed by atoms with Crippen molar-refractivity contribution in [3.05, 3.63) is 23.8 Å². The van der Waals surface area contributed by atoms with E-state index < -0.39 is 5.97 Å². The fourth-order valence-electron chi connectivity index (χ4n) is 2.11. The summed E-state index contributed by atoms with van der Waals surface area (Å²) in [5, 5.41) is 9.03. The van der Waals surface area contributed by atoms with Crippen molar-refractivity contribution in [3.8, 4) is 11.5 Å². The van der Waals surface area contributed by atoms with Crippen molar-refractivity contribution in [2.45, 2.75) is 46.3 Å². The van der Waals surface area contributed by atoms with Crippen molar-refractivity contribution in [1.82, 2.24) is 4.90 Å². The molecule has 0 saturated heterocycles. The molecular weight excluding hydrogens is 298 g/mol. The molecule has 0 aliphatic rings. The van der Waals surface area contributed by atoms with Crippen LogP contribution in [0.25, 0.3) is 0 Å². The maximum atomic E-state index is 12.6. The number of carboxylic acids is 1. The Kier molecular flexibility index (Phi) is 6.88. The van der Waals surface area contributed by atoms with E-state index in [-0.39, 0.29) is 24.6 Å². The highest BCUT2D eigenvalue weighted by Crippen LogP contribution is 2.29. The Balaban J connectivity index is 3.11. The molecule has 128 valence electrons. The average molecular weight is 323 g/mol. The molecule has 6 nitrogen and oxygen atoms in total. The second kappa shape index (κ2) is 8.41. The molecule has 0 radical (unpaired) electrons. The number of rotatable bonds is 8. The summed E-state index contributed by atoms with van der Waals surface area (Å²) < 4.78 is 10.9. The molecule has 0 aliphatic carbocycles. The Morgan fingerprint density at radius 2 is 1.87 bits per heavy atom. The van der Waals surface area contributed by atoms with Crippen LogP contribution in [-0.2, 0) is 4.79 Å². The van der Waals surface area contributed by atoms with Gasteiger partial charge in [-0.2, -0.15) is 0 Å². The zero-order chi connectivity index (χ0) is 17.6. The van der Waals surface area contributed by atoms with Gasteiger partial charge in [-0.05, 0) is 45.4 Å². The van der Waals surface area contributed by atoms with Gasteiger partial charge in [-0.3, -0.25) is 9.59 Å². The van der Waals surface area contributed by atoms with E-state index in [4.69, 9.17) is 14.6 Å². The molecule has 1 aromatic carbocycles. The van der Waals surface area contributed by atoms with E-state index in [0.29, 0.717) is 23.5 Å². The van der Waals surface area contributed by atoms with E-state index in [1.54, 1.807) is 18.2 Å². The van der Waals surface area contributed by atoms with Crippen LogP contribution in [-0.4, -0.2) is 47.7 Å². The predicted molar refractivity (Wildman–Crippen MR) is 87.2 cm³/mol. The lowest BCUT2D eigenvalue weighted by Gasteiger charge is -2.27. The lowest BCUT2D eigenvalue weighted by molar-refractivity contribution is -0.138. The number of hydrogen-bond donors (Lipinski definition) is 1. The van der Waals surface area contributed by atoms with Gasteiger partial charge in [-0.25, -0.2) is 0 Å². The molecule has 0 aromatic heterocycles. The number of methoxy groups -OCH3 is 1.